The van der Waals surface area contributed by atoms with Crippen molar-refractivity contribution < 1.29 is 9.53 Å². The zero-order valence-electron chi connectivity index (χ0n) is 13.1. The van der Waals surface area contributed by atoms with Crippen molar-refractivity contribution in [3.8, 4) is 11.5 Å². The highest BCUT2D eigenvalue weighted by molar-refractivity contribution is 6.31. The first-order chi connectivity index (χ1) is 11.6. The molecule has 1 N–H and O–H groups in total. The average molecular weight is 338 g/mol. The molecule has 0 aliphatic rings. The highest BCUT2D eigenvalue weighted by Gasteiger charge is 2.08. The Morgan fingerprint density at radius 1 is 0.917 bits per heavy atom. The van der Waals surface area contributed by atoms with Gasteiger partial charge in [0.05, 0.1) is 0 Å². The molecule has 0 aromatic heterocycles. The van der Waals surface area contributed by atoms with E-state index in [1.54, 1.807) is 24.3 Å². The van der Waals surface area contributed by atoms with Crippen LogP contribution in [-0.2, 0) is 0 Å². The summed E-state index contributed by atoms with van der Waals surface area (Å²) in [6.07, 6.45) is 0. The topological polar surface area (TPSA) is 38.3 Å². The molecule has 4 heteroatoms. The lowest BCUT2D eigenvalue weighted by molar-refractivity contribution is 0.102. The van der Waals surface area contributed by atoms with Gasteiger partial charge in [-0.2, -0.15) is 0 Å². The van der Waals surface area contributed by atoms with E-state index < -0.39 is 0 Å². The fourth-order valence-electron chi connectivity index (χ4n) is 2.17. The summed E-state index contributed by atoms with van der Waals surface area (Å²) in [4.78, 5) is 12.3. The Kier molecular flexibility index (Phi) is 4.82. The zero-order valence-corrected chi connectivity index (χ0v) is 13.9. The van der Waals surface area contributed by atoms with E-state index in [4.69, 9.17) is 16.3 Å². The van der Waals surface area contributed by atoms with Crippen LogP contribution in [0.4, 0.5) is 5.69 Å². The number of ether oxygens (including phenoxy) is 1. The first kappa shape index (κ1) is 16.1. The number of nitrogens with one attached hydrogen (secondary N) is 1. The van der Waals surface area contributed by atoms with Crippen molar-refractivity contribution in [3.05, 3.63) is 88.9 Å². The van der Waals surface area contributed by atoms with E-state index in [-0.39, 0.29) is 5.91 Å². The first-order valence-electron chi connectivity index (χ1n) is 7.52. The number of amides is 1. The molecule has 120 valence electrons. The van der Waals surface area contributed by atoms with Gasteiger partial charge in [-0.05, 0) is 61.0 Å². The van der Waals surface area contributed by atoms with Crippen LogP contribution in [0.15, 0.2) is 72.8 Å². The molecule has 0 heterocycles. The molecule has 3 rings (SSSR count). The van der Waals surface area contributed by atoms with Crippen molar-refractivity contribution in [2.45, 2.75) is 6.92 Å². The largest absolute Gasteiger partial charge is 0.457 e. The van der Waals surface area contributed by atoms with E-state index in [1.807, 2.05) is 55.5 Å². The third kappa shape index (κ3) is 3.94. The molecule has 0 bridgehead atoms. The van der Waals surface area contributed by atoms with Gasteiger partial charge in [0, 0.05) is 16.3 Å². The minimum Gasteiger partial charge on any atom is -0.457 e. The molecule has 0 aliphatic heterocycles. The van der Waals surface area contributed by atoms with E-state index in [0.717, 1.165) is 11.3 Å². The van der Waals surface area contributed by atoms with E-state index in [2.05, 4.69) is 5.32 Å². The minimum atomic E-state index is -0.200. The summed E-state index contributed by atoms with van der Waals surface area (Å²) < 4.78 is 5.72. The number of rotatable bonds is 4. The van der Waals surface area contributed by atoms with Gasteiger partial charge in [-0.15, -0.1) is 0 Å². The average Bonchev–Trinajstić information content (AvgIpc) is 2.60. The molecule has 3 aromatic carbocycles. The van der Waals surface area contributed by atoms with Gasteiger partial charge < -0.3 is 10.1 Å². The smallest absolute Gasteiger partial charge is 0.255 e. The van der Waals surface area contributed by atoms with E-state index >= 15 is 0 Å². The number of carbonyl (C=O) groups is 1. The fourth-order valence-corrected chi connectivity index (χ4v) is 2.35. The Morgan fingerprint density at radius 2 is 1.58 bits per heavy atom. The van der Waals surface area contributed by atoms with Crippen molar-refractivity contribution in [2.24, 2.45) is 0 Å². The molecule has 1 amide bonds. The Hall–Kier alpha value is -2.78. The summed E-state index contributed by atoms with van der Waals surface area (Å²) in [5.41, 5.74) is 2.16. The number of para-hydroxylation sites is 1. The molecule has 24 heavy (non-hydrogen) atoms. The van der Waals surface area contributed by atoms with Crippen LogP contribution in [0.5, 0.6) is 11.5 Å². The molecule has 0 unspecified atom stereocenters. The van der Waals surface area contributed by atoms with Crippen molar-refractivity contribution in [2.75, 3.05) is 5.32 Å². The number of hydrogen-bond donors (Lipinski definition) is 1. The van der Waals surface area contributed by atoms with Crippen LogP contribution < -0.4 is 10.1 Å². The molecule has 3 nitrogen and oxygen atoms in total. The van der Waals surface area contributed by atoms with Crippen LogP contribution in [0.25, 0.3) is 0 Å². The fraction of sp³-hybridized carbons (Fsp3) is 0.0500. The van der Waals surface area contributed by atoms with Crippen LogP contribution in [0.2, 0.25) is 5.02 Å². The van der Waals surface area contributed by atoms with Crippen LogP contribution in [0.3, 0.4) is 0 Å². The third-order valence-corrected chi connectivity index (χ3v) is 3.93. The Morgan fingerprint density at radius 3 is 2.25 bits per heavy atom. The van der Waals surface area contributed by atoms with Gasteiger partial charge in [-0.25, -0.2) is 0 Å². The van der Waals surface area contributed by atoms with Crippen LogP contribution in [0.1, 0.15) is 15.9 Å². The minimum absolute atomic E-state index is 0.200. The second kappa shape index (κ2) is 7.20. The molecular weight excluding hydrogens is 322 g/mol. The second-order valence-electron chi connectivity index (χ2n) is 5.36. The highest BCUT2D eigenvalue weighted by atomic mass is 35.5. The lowest BCUT2D eigenvalue weighted by Crippen LogP contribution is -2.11. The quantitative estimate of drug-likeness (QED) is 0.663. The first-order valence-corrected chi connectivity index (χ1v) is 7.90. The summed E-state index contributed by atoms with van der Waals surface area (Å²) in [6, 6.07) is 22.0. The summed E-state index contributed by atoms with van der Waals surface area (Å²) in [7, 11) is 0. The molecule has 0 saturated carbocycles. The molecule has 0 fully saturated rings. The summed E-state index contributed by atoms with van der Waals surface area (Å²) in [5.74, 6) is 1.27. The maximum Gasteiger partial charge on any atom is 0.255 e. The normalized spacial score (nSPS) is 10.2. The van der Waals surface area contributed by atoms with Crippen molar-refractivity contribution in [1.29, 1.82) is 0 Å². The van der Waals surface area contributed by atoms with Crippen LogP contribution >= 0.6 is 11.6 Å². The Balaban J connectivity index is 1.67. The number of aryl methyl sites for hydroxylation is 1. The molecule has 0 aliphatic carbocycles. The maximum absolute atomic E-state index is 12.3. The van der Waals surface area contributed by atoms with Crippen molar-refractivity contribution >= 4 is 23.2 Å². The Labute approximate surface area is 145 Å². The van der Waals surface area contributed by atoms with Gasteiger partial charge >= 0.3 is 0 Å². The number of benzene rings is 3. The van der Waals surface area contributed by atoms with Crippen molar-refractivity contribution in [1.82, 2.24) is 0 Å². The zero-order chi connectivity index (χ0) is 16.9. The predicted octanol–water partition coefficient (Wildman–Crippen LogP) is 5.69. The molecule has 0 radical (unpaired) electrons. The number of anilines is 1. The van der Waals surface area contributed by atoms with Crippen LogP contribution in [0, 0.1) is 6.92 Å². The van der Waals surface area contributed by atoms with E-state index in [0.29, 0.717) is 22.0 Å². The third-order valence-electron chi connectivity index (χ3n) is 3.53. The molecule has 0 atom stereocenters. The monoisotopic (exact) mass is 337 g/mol. The number of hydrogen-bond acceptors (Lipinski definition) is 2. The van der Waals surface area contributed by atoms with Crippen LogP contribution in [-0.4, -0.2) is 5.91 Å². The van der Waals surface area contributed by atoms with E-state index in [9.17, 15) is 4.79 Å². The summed E-state index contributed by atoms with van der Waals surface area (Å²) >= 11 is 6.06. The molecule has 0 saturated heterocycles. The summed E-state index contributed by atoms with van der Waals surface area (Å²) in [6.45, 7) is 1.90. The lowest BCUT2D eigenvalue weighted by atomic mass is 10.1. The maximum atomic E-state index is 12.3. The lowest BCUT2D eigenvalue weighted by Gasteiger charge is -2.09. The molecule has 3 aromatic rings. The van der Waals surface area contributed by atoms with Gasteiger partial charge in [0.25, 0.3) is 5.91 Å². The molecule has 0 spiro atoms. The standard InChI is InChI=1S/C20H16ClNO2/c1-14-7-8-15(13-19(14)21)20(23)22-16-9-11-18(12-10-16)24-17-5-3-2-4-6-17/h2-13H,1H3,(H,22,23). The van der Waals surface area contributed by atoms with Gasteiger partial charge in [0.1, 0.15) is 11.5 Å². The second-order valence-corrected chi connectivity index (χ2v) is 5.76. The van der Waals surface area contributed by atoms with Gasteiger partial charge in [-0.1, -0.05) is 35.9 Å². The Bertz CT molecular complexity index is 845. The van der Waals surface area contributed by atoms with Crippen molar-refractivity contribution in [3.63, 3.8) is 0 Å². The van der Waals surface area contributed by atoms with Gasteiger partial charge in [0.2, 0.25) is 0 Å². The highest BCUT2D eigenvalue weighted by Crippen LogP contribution is 2.23. The van der Waals surface area contributed by atoms with E-state index in [1.165, 1.54) is 0 Å². The van der Waals surface area contributed by atoms with Gasteiger partial charge in [0.15, 0.2) is 0 Å². The SMILES string of the molecule is Cc1ccc(C(=O)Nc2ccc(Oc3ccccc3)cc2)cc1Cl. The number of halogens is 1. The number of carbonyl (C=O) groups excluding carboxylic acids is 1. The summed E-state index contributed by atoms with van der Waals surface area (Å²) in [5, 5.41) is 3.42. The van der Waals surface area contributed by atoms with Gasteiger partial charge in [-0.3, -0.25) is 4.79 Å². The predicted molar refractivity (Wildman–Crippen MR) is 97.1 cm³/mol. The molecular formula is C20H16ClNO2.